The third-order valence-electron chi connectivity index (χ3n) is 3.66. The fraction of sp³-hybridized carbons (Fsp3) is 0.235. The number of sulfonamides is 1. The quantitative estimate of drug-likeness (QED) is 0.829. The summed E-state index contributed by atoms with van der Waals surface area (Å²) in [6.07, 6.45) is 0. The van der Waals surface area contributed by atoms with Crippen LogP contribution in [0.15, 0.2) is 47.4 Å². The molecule has 0 spiro atoms. The molecule has 128 valence electrons. The monoisotopic (exact) mass is 348 g/mol. The molecule has 0 radical (unpaired) electrons. The molecule has 0 aliphatic heterocycles. The summed E-state index contributed by atoms with van der Waals surface area (Å²) in [4.78, 5) is 11.9. The minimum absolute atomic E-state index is 0.0378. The van der Waals surface area contributed by atoms with Crippen molar-refractivity contribution >= 4 is 15.9 Å². The second-order valence-electron chi connectivity index (χ2n) is 5.45. The highest BCUT2D eigenvalue weighted by Crippen LogP contribution is 2.20. The van der Waals surface area contributed by atoms with E-state index in [4.69, 9.17) is 9.88 Å². The zero-order valence-electron chi connectivity index (χ0n) is 13.6. The number of amides is 1. The van der Waals surface area contributed by atoms with Crippen LogP contribution < -0.4 is 15.2 Å². The van der Waals surface area contributed by atoms with Gasteiger partial charge in [0.1, 0.15) is 5.75 Å². The fourth-order valence-electron chi connectivity index (χ4n) is 2.07. The van der Waals surface area contributed by atoms with Crippen molar-refractivity contribution in [1.82, 2.24) is 5.32 Å². The molecule has 0 bridgehead atoms. The molecule has 0 unspecified atom stereocenters. The molecule has 24 heavy (non-hydrogen) atoms. The van der Waals surface area contributed by atoms with Crippen molar-refractivity contribution in [3.8, 4) is 5.75 Å². The molecule has 0 aliphatic carbocycles. The maximum Gasteiger partial charge on any atom is 0.258 e. The Morgan fingerprint density at radius 2 is 1.79 bits per heavy atom. The van der Waals surface area contributed by atoms with Gasteiger partial charge in [-0.2, -0.15) is 0 Å². The van der Waals surface area contributed by atoms with Crippen LogP contribution in [-0.4, -0.2) is 20.9 Å². The molecule has 0 atom stereocenters. The minimum Gasteiger partial charge on any atom is -0.483 e. The van der Waals surface area contributed by atoms with E-state index in [-0.39, 0.29) is 24.0 Å². The van der Waals surface area contributed by atoms with Crippen molar-refractivity contribution in [2.24, 2.45) is 5.14 Å². The van der Waals surface area contributed by atoms with E-state index in [2.05, 4.69) is 5.32 Å². The molecule has 3 N–H and O–H groups in total. The van der Waals surface area contributed by atoms with Gasteiger partial charge in [0.25, 0.3) is 5.91 Å². The first-order chi connectivity index (χ1) is 11.3. The Bertz CT molecular complexity index is 830. The lowest BCUT2D eigenvalue weighted by molar-refractivity contribution is -0.123. The molecule has 6 nitrogen and oxygen atoms in total. The molecular formula is C17H20N2O4S. The number of aryl methyl sites for hydroxylation is 1. The maximum absolute atomic E-state index is 11.9. The summed E-state index contributed by atoms with van der Waals surface area (Å²) >= 11 is 0. The number of nitrogens with two attached hydrogens (primary N) is 1. The number of nitrogens with one attached hydrogen (secondary N) is 1. The predicted molar refractivity (Wildman–Crippen MR) is 91.1 cm³/mol. The van der Waals surface area contributed by atoms with Gasteiger partial charge in [-0.05, 0) is 48.7 Å². The topological polar surface area (TPSA) is 98.5 Å². The van der Waals surface area contributed by atoms with Crippen LogP contribution in [-0.2, 0) is 21.4 Å². The van der Waals surface area contributed by atoms with Crippen LogP contribution in [0.25, 0.3) is 0 Å². The van der Waals surface area contributed by atoms with E-state index in [0.29, 0.717) is 5.75 Å². The number of hydrogen-bond acceptors (Lipinski definition) is 4. The number of hydrogen-bond donors (Lipinski definition) is 2. The molecule has 7 heteroatoms. The van der Waals surface area contributed by atoms with Gasteiger partial charge in [-0.3, -0.25) is 4.79 Å². The van der Waals surface area contributed by atoms with Crippen LogP contribution in [0.5, 0.6) is 5.75 Å². The van der Waals surface area contributed by atoms with Crippen molar-refractivity contribution in [3.63, 3.8) is 0 Å². The molecule has 2 aromatic rings. The first kappa shape index (κ1) is 18.0. The van der Waals surface area contributed by atoms with E-state index in [9.17, 15) is 13.2 Å². The standard InChI is InChI=1S/C17H20N2O4S/c1-12-4-3-5-16(13(12)2)23-11-17(20)19-10-14-6-8-15(9-7-14)24(18,21)22/h3-9H,10-11H2,1-2H3,(H,19,20)(H2,18,21,22). The van der Waals surface area contributed by atoms with E-state index in [1.807, 2.05) is 32.0 Å². The normalized spacial score (nSPS) is 11.1. The van der Waals surface area contributed by atoms with Crippen molar-refractivity contribution in [1.29, 1.82) is 0 Å². The molecule has 0 saturated heterocycles. The molecular weight excluding hydrogens is 328 g/mol. The highest BCUT2D eigenvalue weighted by molar-refractivity contribution is 7.89. The number of primary sulfonamides is 1. The van der Waals surface area contributed by atoms with Gasteiger partial charge >= 0.3 is 0 Å². The smallest absolute Gasteiger partial charge is 0.258 e. The first-order valence-corrected chi connectivity index (χ1v) is 8.89. The molecule has 0 aliphatic rings. The number of carbonyl (C=O) groups excluding carboxylic acids is 1. The molecule has 1 amide bonds. The van der Waals surface area contributed by atoms with Crippen molar-refractivity contribution < 1.29 is 17.9 Å². The third-order valence-corrected chi connectivity index (χ3v) is 4.58. The van der Waals surface area contributed by atoms with Gasteiger partial charge in [0.2, 0.25) is 10.0 Å². The Morgan fingerprint density at radius 3 is 2.42 bits per heavy atom. The van der Waals surface area contributed by atoms with Gasteiger partial charge in [-0.15, -0.1) is 0 Å². The summed E-state index contributed by atoms with van der Waals surface area (Å²) in [5.41, 5.74) is 2.87. The zero-order valence-corrected chi connectivity index (χ0v) is 14.4. The molecule has 2 aromatic carbocycles. The van der Waals surface area contributed by atoms with Gasteiger partial charge in [0.15, 0.2) is 6.61 Å². The van der Waals surface area contributed by atoms with Crippen LogP contribution >= 0.6 is 0 Å². The van der Waals surface area contributed by atoms with Crippen LogP contribution in [0, 0.1) is 13.8 Å². The van der Waals surface area contributed by atoms with Crippen molar-refractivity contribution in [2.75, 3.05) is 6.61 Å². The van der Waals surface area contributed by atoms with Crippen LogP contribution in [0.2, 0.25) is 0 Å². The van der Waals surface area contributed by atoms with Gasteiger partial charge in [-0.1, -0.05) is 24.3 Å². The fourth-order valence-corrected chi connectivity index (χ4v) is 2.59. The Morgan fingerprint density at radius 1 is 1.12 bits per heavy atom. The molecule has 0 heterocycles. The van der Waals surface area contributed by atoms with Crippen molar-refractivity contribution in [2.45, 2.75) is 25.3 Å². The lowest BCUT2D eigenvalue weighted by Crippen LogP contribution is -2.28. The maximum atomic E-state index is 11.9. The van der Waals surface area contributed by atoms with Gasteiger partial charge in [-0.25, -0.2) is 13.6 Å². The van der Waals surface area contributed by atoms with E-state index in [1.54, 1.807) is 12.1 Å². The second kappa shape index (κ2) is 7.46. The number of ether oxygens (including phenoxy) is 1. The number of benzene rings is 2. The van der Waals surface area contributed by atoms with Gasteiger partial charge < -0.3 is 10.1 Å². The highest BCUT2D eigenvalue weighted by Gasteiger charge is 2.08. The Hall–Kier alpha value is -2.38. The summed E-state index contributed by atoms with van der Waals surface area (Å²) in [6.45, 7) is 4.11. The van der Waals surface area contributed by atoms with Gasteiger partial charge in [0.05, 0.1) is 4.90 Å². The predicted octanol–water partition coefficient (Wildman–Crippen LogP) is 1.65. The van der Waals surface area contributed by atoms with Gasteiger partial charge in [0, 0.05) is 6.54 Å². The lowest BCUT2D eigenvalue weighted by atomic mass is 10.1. The van der Waals surface area contributed by atoms with Crippen LogP contribution in [0.4, 0.5) is 0 Å². The SMILES string of the molecule is Cc1cccc(OCC(=O)NCc2ccc(S(N)(=O)=O)cc2)c1C. The molecule has 2 rings (SSSR count). The molecule has 0 fully saturated rings. The first-order valence-electron chi connectivity index (χ1n) is 7.35. The second-order valence-corrected chi connectivity index (χ2v) is 7.01. The summed E-state index contributed by atoms with van der Waals surface area (Å²) < 4.78 is 27.9. The largest absolute Gasteiger partial charge is 0.483 e. The van der Waals surface area contributed by atoms with E-state index in [1.165, 1.54) is 12.1 Å². The number of rotatable bonds is 6. The number of carbonyl (C=O) groups is 1. The average Bonchev–Trinajstić information content (AvgIpc) is 2.54. The van der Waals surface area contributed by atoms with E-state index >= 15 is 0 Å². The summed E-state index contributed by atoms with van der Waals surface area (Å²) in [5.74, 6) is 0.425. The van der Waals surface area contributed by atoms with Crippen molar-refractivity contribution in [3.05, 3.63) is 59.2 Å². The Kier molecular flexibility index (Phi) is 5.58. The minimum atomic E-state index is -3.71. The molecule has 0 aromatic heterocycles. The lowest BCUT2D eigenvalue weighted by Gasteiger charge is -2.11. The van der Waals surface area contributed by atoms with E-state index in [0.717, 1.165) is 16.7 Å². The molecule has 0 saturated carbocycles. The third kappa shape index (κ3) is 4.81. The summed E-state index contributed by atoms with van der Waals surface area (Å²) in [7, 11) is -3.71. The Labute approximate surface area is 141 Å². The van der Waals surface area contributed by atoms with E-state index < -0.39 is 10.0 Å². The van der Waals surface area contributed by atoms with Crippen LogP contribution in [0.3, 0.4) is 0 Å². The Balaban J connectivity index is 1.86. The summed E-state index contributed by atoms with van der Waals surface area (Å²) in [5, 5.41) is 7.75. The summed E-state index contributed by atoms with van der Waals surface area (Å²) in [6, 6.07) is 11.7. The highest BCUT2D eigenvalue weighted by atomic mass is 32.2. The van der Waals surface area contributed by atoms with Crippen LogP contribution in [0.1, 0.15) is 16.7 Å². The average molecular weight is 348 g/mol. The zero-order chi connectivity index (χ0) is 17.7.